The topological polar surface area (TPSA) is 65.2 Å². The average molecular weight is 382 g/mol. The third kappa shape index (κ3) is 4.14. The smallest absolute Gasteiger partial charge is 0.231 e. The second kappa shape index (κ2) is 8.35. The lowest BCUT2D eigenvalue weighted by Crippen LogP contribution is -2.03. The van der Waals surface area contributed by atoms with Crippen molar-refractivity contribution in [3.8, 4) is 5.75 Å². The van der Waals surface area contributed by atoms with Gasteiger partial charge in [-0.1, -0.05) is 24.3 Å². The number of benzene rings is 2. The van der Waals surface area contributed by atoms with Crippen molar-refractivity contribution in [1.82, 2.24) is 9.97 Å². The molecule has 0 aliphatic heterocycles. The molecule has 0 fully saturated rings. The van der Waals surface area contributed by atoms with E-state index in [-0.39, 0.29) is 11.7 Å². The molecule has 0 saturated heterocycles. The Hall–Kier alpha value is -3.99. The lowest BCUT2D eigenvalue weighted by atomic mass is 10.0. The zero-order chi connectivity index (χ0) is 20.1. The first-order chi connectivity index (χ1) is 14.2. The van der Waals surface area contributed by atoms with Gasteiger partial charge in [-0.2, -0.15) is 0 Å². The van der Waals surface area contributed by atoms with E-state index in [1.165, 1.54) is 0 Å². The van der Waals surface area contributed by atoms with Crippen LogP contribution in [0.2, 0.25) is 0 Å². The molecule has 0 N–H and O–H groups in total. The second-order valence-corrected chi connectivity index (χ2v) is 6.27. The van der Waals surface area contributed by atoms with Crippen molar-refractivity contribution in [2.75, 3.05) is 0 Å². The van der Waals surface area contributed by atoms with Gasteiger partial charge in [-0.25, -0.2) is 4.98 Å². The lowest BCUT2D eigenvalue weighted by molar-refractivity contribution is 0.105. The number of para-hydroxylation sites is 2. The molecule has 2 aromatic carbocycles. The first kappa shape index (κ1) is 18.4. The minimum atomic E-state index is -0.196. The van der Waals surface area contributed by atoms with Gasteiger partial charge in [0, 0.05) is 18.0 Å². The van der Waals surface area contributed by atoms with Gasteiger partial charge < -0.3 is 9.15 Å². The van der Waals surface area contributed by atoms with Crippen molar-refractivity contribution in [2.45, 2.75) is 6.92 Å². The van der Waals surface area contributed by atoms with E-state index in [0.29, 0.717) is 28.0 Å². The molecule has 5 heteroatoms. The Morgan fingerprint density at radius 3 is 2.59 bits per heavy atom. The number of Topliss-reactive ketones (excluding diaryl/α,β-unsaturated/α-hetero) is 1. The van der Waals surface area contributed by atoms with Crippen LogP contribution in [0.4, 0.5) is 0 Å². The fourth-order valence-electron chi connectivity index (χ4n) is 2.83. The summed E-state index contributed by atoms with van der Waals surface area (Å²) >= 11 is 0. The van der Waals surface area contributed by atoms with Gasteiger partial charge in [-0.3, -0.25) is 9.78 Å². The van der Waals surface area contributed by atoms with Crippen LogP contribution in [-0.4, -0.2) is 15.8 Å². The van der Waals surface area contributed by atoms with Crippen LogP contribution in [0.1, 0.15) is 28.7 Å². The van der Waals surface area contributed by atoms with Crippen molar-refractivity contribution < 1.29 is 13.9 Å². The molecule has 2 heterocycles. The van der Waals surface area contributed by atoms with Crippen molar-refractivity contribution >= 4 is 28.5 Å². The molecule has 0 atom stereocenters. The second-order valence-electron chi connectivity index (χ2n) is 6.27. The highest BCUT2D eigenvalue weighted by atomic mass is 16.5. The lowest BCUT2D eigenvalue weighted by Gasteiger charge is -2.05. The molecule has 5 nitrogen and oxygen atoms in total. The van der Waals surface area contributed by atoms with Crippen molar-refractivity contribution in [3.05, 3.63) is 102 Å². The molecule has 4 rings (SSSR count). The van der Waals surface area contributed by atoms with Crippen LogP contribution < -0.4 is 4.74 Å². The van der Waals surface area contributed by atoms with Gasteiger partial charge in [0.05, 0.1) is 11.8 Å². The highest BCUT2D eigenvalue weighted by Crippen LogP contribution is 2.26. The molecule has 0 aliphatic carbocycles. The monoisotopic (exact) mass is 382 g/mol. The molecule has 0 bridgehead atoms. The van der Waals surface area contributed by atoms with Crippen LogP contribution in [-0.2, 0) is 0 Å². The average Bonchev–Trinajstić information content (AvgIpc) is 3.20. The number of rotatable bonds is 6. The number of allylic oxidation sites excluding steroid dienone is 2. The number of carbonyl (C=O) groups is 1. The van der Waals surface area contributed by atoms with Gasteiger partial charge in [0.25, 0.3) is 0 Å². The number of hydrogen-bond donors (Lipinski definition) is 0. The molecule has 29 heavy (non-hydrogen) atoms. The van der Waals surface area contributed by atoms with E-state index < -0.39 is 0 Å². The molecule has 2 aromatic heterocycles. The fourth-order valence-corrected chi connectivity index (χ4v) is 2.83. The summed E-state index contributed by atoms with van der Waals surface area (Å²) in [6, 6.07) is 18.1. The number of oxazole rings is 1. The number of pyridine rings is 1. The van der Waals surface area contributed by atoms with Crippen LogP contribution in [0.25, 0.3) is 22.7 Å². The van der Waals surface area contributed by atoms with Gasteiger partial charge in [0.1, 0.15) is 11.3 Å². The molecular weight excluding hydrogens is 364 g/mol. The summed E-state index contributed by atoms with van der Waals surface area (Å²) in [5.74, 6) is 0.728. The number of nitrogens with zero attached hydrogens (tertiary/aromatic N) is 2. The van der Waals surface area contributed by atoms with Gasteiger partial charge in [0.15, 0.2) is 11.4 Å². The van der Waals surface area contributed by atoms with E-state index >= 15 is 0 Å². The normalized spacial score (nSPS) is 11.8. The van der Waals surface area contributed by atoms with Crippen molar-refractivity contribution in [1.29, 1.82) is 0 Å². The highest BCUT2D eigenvalue weighted by molar-refractivity contribution is 6.31. The number of aromatic nitrogens is 2. The summed E-state index contributed by atoms with van der Waals surface area (Å²) in [5.41, 5.74) is 2.97. The Bertz CT molecular complexity index is 1160. The highest BCUT2D eigenvalue weighted by Gasteiger charge is 2.20. The van der Waals surface area contributed by atoms with Gasteiger partial charge in [0.2, 0.25) is 5.89 Å². The summed E-state index contributed by atoms with van der Waals surface area (Å²) in [6.07, 6.45) is 8.49. The third-order valence-corrected chi connectivity index (χ3v) is 4.22. The number of ketones is 1. The Morgan fingerprint density at radius 1 is 1.03 bits per heavy atom. The SMILES string of the molecule is CC=COc1ccc(C(=O)C(=Cc2cccnc2)c2nc3ccccc3o2)cc1. The number of hydrogen-bond acceptors (Lipinski definition) is 5. The molecule has 0 aliphatic rings. The minimum Gasteiger partial charge on any atom is -0.465 e. The van der Waals surface area contributed by atoms with Crippen molar-refractivity contribution in [2.24, 2.45) is 0 Å². The summed E-state index contributed by atoms with van der Waals surface area (Å²) in [4.78, 5) is 21.9. The first-order valence-corrected chi connectivity index (χ1v) is 9.15. The zero-order valence-electron chi connectivity index (χ0n) is 15.8. The molecule has 0 radical (unpaired) electrons. The van der Waals surface area contributed by atoms with Gasteiger partial charge in [-0.15, -0.1) is 0 Å². The fraction of sp³-hybridized carbons (Fsp3) is 0.0417. The maximum absolute atomic E-state index is 13.3. The number of carbonyl (C=O) groups excluding carboxylic acids is 1. The Kier molecular flexibility index (Phi) is 5.29. The van der Waals surface area contributed by atoms with Crippen LogP contribution in [0, 0.1) is 0 Å². The predicted molar refractivity (Wildman–Crippen MR) is 112 cm³/mol. The summed E-state index contributed by atoms with van der Waals surface area (Å²) in [7, 11) is 0. The van der Waals surface area contributed by atoms with Gasteiger partial charge in [-0.05, 0) is 61.0 Å². The summed E-state index contributed by atoms with van der Waals surface area (Å²) < 4.78 is 11.3. The number of ether oxygens (including phenoxy) is 1. The Morgan fingerprint density at radius 2 is 1.86 bits per heavy atom. The van der Waals surface area contributed by atoms with Crippen LogP contribution in [0.3, 0.4) is 0 Å². The molecule has 4 aromatic rings. The largest absolute Gasteiger partial charge is 0.465 e. The van der Waals surface area contributed by atoms with Crippen LogP contribution in [0.5, 0.6) is 5.75 Å². The van der Waals surface area contributed by atoms with E-state index in [2.05, 4.69) is 9.97 Å². The van der Waals surface area contributed by atoms with E-state index in [0.717, 1.165) is 5.56 Å². The minimum absolute atomic E-state index is 0.196. The molecule has 0 unspecified atom stereocenters. The molecule has 0 saturated carbocycles. The maximum Gasteiger partial charge on any atom is 0.231 e. The van der Waals surface area contributed by atoms with E-state index in [9.17, 15) is 4.79 Å². The van der Waals surface area contributed by atoms with E-state index in [1.54, 1.807) is 55.1 Å². The van der Waals surface area contributed by atoms with Crippen LogP contribution >= 0.6 is 0 Å². The van der Waals surface area contributed by atoms with E-state index in [4.69, 9.17) is 9.15 Å². The first-order valence-electron chi connectivity index (χ1n) is 9.15. The Balaban J connectivity index is 1.75. The number of fused-ring (bicyclic) bond motifs is 1. The van der Waals surface area contributed by atoms with Crippen LogP contribution in [0.15, 0.2) is 89.8 Å². The van der Waals surface area contributed by atoms with Crippen molar-refractivity contribution in [3.63, 3.8) is 0 Å². The van der Waals surface area contributed by atoms with Gasteiger partial charge >= 0.3 is 0 Å². The standard InChI is InChI=1S/C24H18N2O3/c1-2-14-28-19-11-9-18(10-12-19)23(27)20(15-17-6-5-13-25-16-17)24-26-21-7-3-4-8-22(21)29-24/h2-16H,1H3. The summed E-state index contributed by atoms with van der Waals surface area (Å²) in [6.45, 7) is 1.87. The zero-order valence-corrected chi connectivity index (χ0v) is 15.8. The molecule has 0 amide bonds. The maximum atomic E-state index is 13.3. The molecular formula is C24H18N2O3. The molecule has 0 spiro atoms. The van der Waals surface area contributed by atoms with E-state index in [1.807, 2.05) is 43.3 Å². The quantitative estimate of drug-likeness (QED) is 0.248. The molecule has 142 valence electrons. The summed E-state index contributed by atoms with van der Waals surface area (Å²) in [5, 5.41) is 0. The Labute approximate surface area is 168 Å². The third-order valence-electron chi connectivity index (χ3n) is 4.22. The predicted octanol–water partition coefficient (Wildman–Crippen LogP) is 5.56.